The number of rotatable bonds is 4. The third-order valence-corrected chi connectivity index (χ3v) is 4.65. The molecule has 2 aromatic rings. The fraction of sp³-hybridized carbons (Fsp3) is 0.389. The van der Waals surface area contributed by atoms with Gasteiger partial charge in [0, 0.05) is 17.9 Å². The quantitative estimate of drug-likeness (QED) is 0.733. The van der Waals surface area contributed by atoms with Crippen LogP contribution in [0.1, 0.15) is 40.0 Å². The second kappa shape index (κ2) is 6.31. The molecule has 1 heterocycles. The zero-order valence-corrected chi connectivity index (χ0v) is 14.2. The van der Waals surface area contributed by atoms with E-state index in [1.807, 2.05) is 0 Å². The summed E-state index contributed by atoms with van der Waals surface area (Å²) in [6.45, 7) is 1.98. The van der Waals surface area contributed by atoms with Crippen LogP contribution in [-0.4, -0.2) is 10.5 Å². The molecule has 0 bridgehead atoms. The maximum absolute atomic E-state index is 13.1. The van der Waals surface area contributed by atoms with Gasteiger partial charge in [-0.05, 0) is 55.5 Å². The predicted octanol–water partition coefficient (Wildman–Crippen LogP) is 5.01. The molecule has 1 aliphatic carbocycles. The van der Waals surface area contributed by atoms with Gasteiger partial charge >= 0.3 is 12.4 Å². The van der Waals surface area contributed by atoms with Crippen LogP contribution < -0.4 is 5.73 Å². The van der Waals surface area contributed by atoms with E-state index in [0.29, 0.717) is 24.4 Å². The summed E-state index contributed by atoms with van der Waals surface area (Å²) in [7, 11) is 0. The molecule has 0 atom stereocenters. The standard InChI is InChI=1S/C18H16F6N2O/c1-9-14(16(25)27)7-15(26(9)8-10-2-3-10)11-4-12(17(19,20)21)6-13(5-11)18(22,23)24/h4-7,10H,2-3,8H2,1H3,(H2,25,27). The molecule has 1 amide bonds. The van der Waals surface area contributed by atoms with Gasteiger partial charge in [0.15, 0.2) is 0 Å². The summed E-state index contributed by atoms with van der Waals surface area (Å²) >= 11 is 0. The lowest BCUT2D eigenvalue weighted by atomic mass is 10.0. The maximum atomic E-state index is 13.1. The third-order valence-electron chi connectivity index (χ3n) is 4.65. The fourth-order valence-corrected chi connectivity index (χ4v) is 3.03. The van der Waals surface area contributed by atoms with E-state index in [1.54, 1.807) is 11.5 Å². The number of alkyl halides is 6. The zero-order chi connectivity index (χ0) is 20.1. The van der Waals surface area contributed by atoms with E-state index in [0.717, 1.165) is 12.8 Å². The molecule has 1 saturated carbocycles. The topological polar surface area (TPSA) is 48.0 Å². The molecular formula is C18H16F6N2O. The van der Waals surface area contributed by atoms with Crippen molar-refractivity contribution in [1.29, 1.82) is 0 Å². The molecule has 1 aromatic heterocycles. The molecule has 0 spiro atoms. The minimum Gasteiger partial charge on any atom is -0.366 e. The Morgan fingerprint density at radius 2 is 1.56 bits per heavy atom. The first-order chi connectivity index (χ1) is 12.4. The minimum atomic E-state index is -4.94. The van der Waals surface area contributed by atoms with Gasteiger partial charge in [0.1, 0.15) is 0 Å². The van der Waals surface area contributed by atoms with Crippen molar-refractivity contribution in [1.82, 2.24) is 4.57 Å². The molecule has 0 radical (unpaired) electrons. The highest BCUT2D eigenvalue weighted by Gasteiger charge is 2.37. The second-order valence-electron chi connectivity index (χ2n) is 6.74. The first-order valence-electron chi connectivity index (χ1n) is 8.17. The Morgan fingerprint density at radius 1 is 1.04 bits per heavy atom. The number of hydrogen-bond donors (Lipinski definition) is 1. The Bertz CT molecular complexity index is 858. The van der Waals surface area contributed by atoms with Gasteiger partial charge in [-0.25, -0.2) is 0 Å². The monoisotopic (exact) mass is 390 g/mol. The van der Waals surface area contributed by atoms with Crippen LogP contribution in [0.2, 0.25) is 0 Å². The number of nitrogens with zero attached hydrogens (tertiary/aromatic N) is 1. The van der Waals surface area contributed by atoms with Crippen LogP contribution in [-0.2, 0) is 18.9 Å². The Hall–Kier alpha value is -2.45. The molecule has 146 valence electrons. The van der Waals surface area contributed by atoms with Crippen LogP contribution in [0, 0.1) is 12.8 Å². The minimum absolute atomic E-state index is 0.0802. The summed E-state index contributed by atoms with van der Waals surface area (Å²) in [5, 5.41) is 0. The van der Waals surface area contributed by atoms with E-state index in [1.165, 1.54) is 6.07 Å². The first kappa shape index (κ1) is 19.3. The van der Waals surface area contributed by atoms with Crippen molar-refractivity contribution < 1.29 is 31.1 Å². The number of halogens is 6. The van der Waals surface area contributed by atoms with Crippen molar-refractivity contribution in [3.05, 3.63) is 46.6 Å². The van der Waals surface area contributed by atoms with Gasteiger partial charge in [-0.3, -0.25) is 4.79 Å². The van der Waals surface area contributed by atoms with Crippen LogP contribution in [0.15, 0.2) is 24.3 Å². The Labute approximate surface area is 150 Å². The molecule has 0 unspecified atom stereocenters. The van der Waals surface area contributed by atoms with Crippen molar-refractivity contribution in [2.75, 3.05) is 0 Å². The Balaban J connectivity index is 2.23. The third kappa shape index (κ3) is 3.96. The van der Waals surface area contributed by atoms with Crippen LogP contribution in [0.4, 0.5) is 26.3 Å². The number of carbonyl (C=O) groups excluding carboxylic acids is 1. The van der Waals surface area contributed by atoms with Gasteiger partial charge in [0.05, 0.1) is 16.7 Å². The van der Waals surface area contributed by atoms with Crippen molar-refractivity contribution in [2.24, 2.45) is 11.7 Å². The van der Waals surface area contributed by atoms with Crippen LogP contribution >= 0.6 is 0 Å². The van der Waals surface area contributed by atoms with Crippen molar-refractivity contribution in [3.63, 3.8) is 0 Å². The lowest BCUT2D eigenvalue weighted by molar-refractivity contribution is -0.143. The Morgan fingerprint density at radius 3 is 1.96 bits per heavy atom. The van der Waals surface area contributed by atoms with Crippen molar-refractivity contribution in [3.8, 4) is 11.3 Å². The molecular weight excluding hydrogens is 374 g/mol. The average Bonchev–Trinajstić information content (AvgIpc) is 3.29. The number of benzene rings is 1. The number of nitrogens with two attached hydrogens (primary N) is 1. The van der Waals surface area contributed by atoms with Gasteiger partial charge in [0.25, 0.3) is 5.91 Å². The summed E-state index contributed by atoms with van der Waals surface area (Å²) in [5.74, 6) is -0.505. The Kier molecular flexibility index (Phi) is 4.52. The summed E-state index contributed by atoms with van der Waals surface area (Å²) in [6.07, 6.45) is -8.05. The summed E-state index contributed by atoms with van der Waals surface area (Å²) < 4.78 is 80.4. The molecule has 3 rings (SSSR count). The zero-order valence-electron chi connectivity index (χ0n) is 14.2. The highest BCUT2D eigenvalue weighted by molar-refractivity contribution is 5.95. The molecule has 27 heavy (non-hydrogen) atoms. The largest absolute Gasteiger partial charge is 0.416 e. The fourth-order valence-electron chi connectivity index (χ4n) is 3.03. The second-order valence-corrected chi connectivity index (χ2v) is 6.74. The highest BCUT2D eigenvalue weighted by atomic mass is 19.4. The average molecular weight is 390 g/mol. The van der Waals surface area contributed by atoms with Gasteiger partial charge in [-0.15, -0.1) is 0 Å². The van der Waals surface area contributed by atoms with Crippen LogP contribution in [0.25, 0.3) is 11.3 Å². The molecule has 1 aliphatic rings. The van der Waals surface area contributed by atoms with E-state index >= 15 is 0 Å². The number of hydrogen-bond acceptors (Lipinski definition) is 1. The van der Waals surface area contributed by atoms with Gasteiger partial charge < -0.3 is 10.3 Å². The van der Waals surface area contributed by atoms with E-state index in [9.17, 15) is 31.1 Å². The SMILES string of the molecule is Cc1c(C(N)=O)cc(-c2cc(C(F)(F)F)cc(C(F)(F)F)c2)n1CC1CC1. The molecule has 0 aliphatic heterocycles. The van der Waals surface area contributed by atoms with E-state index in [-0.39, 0.29) is 28.8 Å². The van der Waals surface area contributed by atoms with E-state index in [2.05, 4.69) is 0 Å². The normalized spacial score (nSPS) is 15.2. The lowest BCUT2D eigenvalue weighted by Crippen LogP contribution is -2.13. The van der Waals surface area contributed by atoms with E-state index < -0.39 is 29.4 Å². The number of carbonyl (C=O) groups is 1. The molecule has 1 aromatic carbocycles. The summed E-state index contributed by atoms with van der Waals surface area (Å²) in [5.41, 5.74) is 2.88. The molecule has 2 N–H and O–H groups in total. The molecule has 9 heteroatoms. The number of aromatic nitrogens is 1. The van der Waals surface area contributed by atoms with Crippen LogP contribution in [0.3, 0.4) is 0 Å². The van der Waals surface area contributed by atoms with Gasteiger partial charge in [0.2, 0.25) is 0 Å². The molecule has 0 saturated heterocycles. The van der Waals surface area contributed by atoms with Gasteiger partial charge in [-0.2, -0.15) is 26.3 Å². The molecule has 3 nitrogen and oxygen atoms in total. The van der Waals surface area contributed by atoms with Crippen LogP contribution in [0.5, 0.6) is 0 Å². The maximum Gasteiger partial charge on any atom is 0.416 e. The first-order valence-corrected chi connectivity index (χ1v) is 8.17. The smallest absolute Gasteiger partial charge is 0.366 e. The molecule has 1 fully saturated rings. The number of primary amides is 1. The van der Waals surface area contributed by atoms with Crippen molar-refractivity contribution >= 4 is 5.91 Å². The lowest BCUT2D eigenvalue weighted by Gasteiger charge is -2.16. The van der Waals surface area contributed by atoms with Crippen molar-refractivity contribution in [2.45, 2.75) is 38.7 Å². The number of amides is 1. The van der Waals surface area contributed by atoms with E-state index in [4.69, 9.17) is 5.73 Å². The summed E-state index contributed by atoms with van der Waals surface area (Å²) in [6, 6.07) is 2.67. The van der Waals surface area contributed by atoms with Gasteiger partial charge in [-0.1, -0.05) is 0 Å². The summed E-state index contributed by atoms with van der Waals surface area (Å²) in [4.78, 5) is 11.6. The highest BCUT2D eigenvalue weighted by Crippen LogP contribution is 2.40. The predicted molar refractivity (Wildman–Crippen MR) is 85.9 cm³/mol.